The van der Waals surface area contributed by atoms with Gasteiger partial charge in [-0.15, -0.1) is 0 Å². The first kappa shape index (κ1) is 21.7. The lowest BCUT2D eigenvalue weighted by molar-refractivity contribution is 0.205. The Balaban J connectivity index is 1.53. The molecule has 1 aliphatic carbocycles. The van der Waals surface area contributed by atoms with E-state index >= 15 is 0 Å². The van der Waals surface area contributed by atoms with Crippen molar-refractivity contribution in [3.05, 3.63) is 59.9 Å². The van der Waals surface area contributed by atoms with Gasteiger partial charge < -0.3 is 24.3 Å². The number of nitrogens with one attached hydrogen (secondary N) is 1. The van der Waals surface area contributed by atoms with Gasteiger partial charge in [0.25, 0.3) is 0 Å². The highest BCUT2D eigenvalue weighted by atomic mass is 19.1. The van der Waals surface area contributed by atoms with Crippen LogP contribution in [0.3, 0.4) is 0 Å². The van der Waals surface area contributed by atoms with Gasteiger partial charge >= 0.3 is 6.03 Å². The highest BCUT2D eigenvalue weighted by molar-refractivity contribution is 6.34. The molecule has 4 rings (SSSR count). The average molecular weight is 434 g/mol. The van der Waals surface area contributed by atoms with Crippen LogP contribution in [0.1, 0.15) is 24.1 Å². The van der Waals surface area contributed by atoms with Crippen molar-refractivity contribution in [1.29, 1.82) is 0 Å². The molecule has 1 N–H and O–H groups in total. The molecule has 0 saturated heterocycles. The number of urea groups is 1. The molecule has 3 aromatic rings. The molecule has 0 bridgehead atoms. The van der Waals surface area contributed by atoms with Crippen LogP contribution in [-0.2, 0) is 6.54 Å². The lowest BCUT2D eigenvalue weighted by atomic mass is 9.93. The average Bonchev–Trinajstić information content (AvgIpc) is 3.52. The van der Waals surface area contributed by atoms with Crippen LogP contribution in [-0.4, -0.2) is 48.6 Å². The van der Waals surface area contributed by atoms with Gasteiger partial charge in [0, 0.05) is 23.5 Å². The van der Waals surface area contributed by atoms with Gasteiger partial charge in [-0.2, -0.15) is 0 Å². The number of hydrogen-bond acceptors (Lipinski definition) is 4. The van der Waals surface area contributed by atoms with Crippen LogP contribution >= 0.6 is 0 Å². The van der Waals surface area contributed by atoms with Gasteiger partial charge in [0.2, 0.25) is 0 Å². The lowest BCUT2D eigenvalue weighted by Crippen LogP contribution is -2.36. The maximum absolute atomic E-state index is 14.7. The minimum atomic E-state index is -0.455. The number of anilines is 1. The van der Waals surface area contributed by atoms with Crippen LogP contribution in [0, 0.1) is 12.7 Å². The molecule has 1 saturated carbocycles. The molecular weight excluding hydrogens is 410 g/mol. The van der Waals surface area contributed by atoms with E-state index in [1.54, 1.807) is 53.4 Å². The van der Waals surface area contributed by atoms with Gasteiger partial charge in [0.05, 0.1) is 38.5 Å². The number of aromatic nitrogens is 2. The number of nitrogens with zero attached hydrogens (tertiary/aromatic N) is 3. The number of imidazole rings is 1. The minimum absolute atomic E-state index is 0.112. The monoisotopic (exact) mass is 434 g/mol. The Bertz CT molecular complexity index is 1150. The van der Waals surface area contributed by atoms with E-state index in [1.807, 2.05) is 6.92 Å². The number of benzene rings is 2. The van der Waals surface area contributed by atoms with E-state index in [0.29, 0.717) is 34.9 Å². The summed E-state index contributed by atoms with van der Waals surface area (Å²) in [4.78, 5) is 18.9. The second-order valence-electron chi connectivity index (χ2n) is 7.78. The van der Waals surface area contributed by atoms with Gasteiger partial charge in [-0.1, -0.05) is 5.46 Å². The van der Waals surface area contributed by atoms with Crippen molar-refractivity contribution in [2.24, 2.45) is 0 Å². The third-order valence-electron chi connectivity index (χ3n) is 5.41. The Hall–Kier alpha value is -3.49. The molecule has 0 spiro atoms. The highest BCUT2D eigenvalue weighted by Gasteiger charge is 2.33. The smallest absolute Gasteiger partial charge is 0.322 e. The summed E-state index contributed by atoms with van der Waals surface area (Å²) < 4.78 is 27.0. The SMILES string of the molecule is [B]c1cc(OC)c(CN(C(=O)Nc2ccc(-n3cnc(C)c3)c(F)c2)C2CC2)cc1OC. The Morgan fingerprint density at radius 2 is 2.00 bits per heavy atom. The topological polar surface area (TPSA) is 68.6 Å². The Morgan fingerprint density at radius 1 is 1.25 bits per heavy atom. The zero-order chi connectivity index (χ0) is 22.8. The third kappa shape index (κ3) is 4.56. The van der Waals surface area contributed by atoms with Crippen molar-refractivity contribution in [2.75, 3.05) is 19.5 Å². The molecule has 2 amide bonds. The molecule has 1 aromatic heterocycles. The lowest BCUT2D eigenvalue weighted by Gasteiger charge is -2.25. The van der Waals surface area contributed by atoms with Gasteiger partial charge in [-0.25, -0.2) is 14.2 Å². The van der Waals surface area contributed by atoms with Crippen LogP contribution in [0.25, 0.3) is 5.69 Å². The first-order valence-corrected chi connectivity index (χ1v) is 10.3. The number of carbonyl (C=O) groups excluding carboxylic acids is 1. The molecule has 0 atom stereocenters. The fraction of sp³-hybridized carbons (Fsp3) is 0.304. The number of aryl methyl sites for hydroxylation is 1. The molecule has 32 heavy (non-hydrogen) atoms. The second-order valence-corrected chi connectivity index (χ2v) is 7.78. The summed E-state index contributed by atoms with van der Waals surface area (Å²) >= 11 is 0. The molecule has 9 heteroatoms. The maximum Gasteiger partial charge on any atom is 0.322 e. The number of ether oxygens (including phenoxy) is 2. The number of amides is 2. The zero-order valence-electron chi connectivity index (χ0n) is 18.3. The first-order valence-electron chi connectivity index (χ1n) is 10.3. The van der Waals surface area contributed by atoms with E-state index in [9.17, 15) is 9.18 Å². The molecular formula is C23H24BFN4O3. The van der Waals surface area contributed by atoms with Crippen LogP contribution in [0.4, 0.5) is 14.9 Å². The summed E-state index contributed by atoms with van der Waals surface area (Å²) in [7, 11) is 9.06. The normalized spacial score (nSPS) is 13.0. The van der Waals surface area contributed by atoms with Gasteiger partial charge in [-0.3, -0.25) is 0 Å². The fourth-order valence-corrected chi connectivity index (χ4v) is 3.59. The minimum Gasteiger partial charge on any atom is -0.497 e. The number of hydrogen-bond donors (Lipinski definition) is 1. The van der Waals surface area contributed by atoms with Crippen molar-refractivity contribution in [1.82, 2.24) is 14.5 Å². The predicted molar refractivity (Wildman–Crippen MR) is 121 cm³/mol. The van der Waals surface area contributed by atoms with Crippen LogP contribution in [0.15, 0.2) is 42.9 Å². The van der Waals surface area contributed by atoms with E-state index in [4.69, 9.17) is 17.3 Å². The standard InChI is InChI=1S/C23H24BFN4O3/c1-14-11-28(13-26-14)20-7-4-16(9-19(20)25)27-23(30)29(17-5-6-17)12-15-8-22(32-3)18(24)10-21(15)31-2/h4,7-11,13,17H,5-6,12H2,1-3H3,(H,27,30). The molecule has 164 valence electrons. The van der Waals surface area contributed by atoms with E-state index in [-0.39, 0.29) is 12.1 Å². The molecule has 1 fully saturated rings. The van der Waals surface area contributed by atoms with Crippen LogP contribution in [0.2, 0.25) is 0 Å². The molecule has 2 radical (unpaired) electrons. The van der Waals surface area contributed by atoms with Crippen molar-refractivity contribution >= 4 is 25.0 Å². The summed E-state index contributed by atoms with van der Waals surface area (Å²) in [5.41, 5.74) is 2.76. The predicted octanol–water partition coefficient (Wildman–Crippen LogP) is 3.33. The van der Waals surface area contributed by atoms with Gasteiger partial charge in [0.15, 0.2) is 0 Å². The van der Waals surface area contributed by atoms with Crippen molar-refractivity contribution in [3.8, 4) is 17.2 Å². The summed E-state index contributed by atoms with van der Waals surface area (Å²) in [6.45, 7) is 2.15. The number of halogens is 1. The van der Waals surface area contributed by atoms with Crippen molar-refractivity contribution < 1.29 is 18.7 Å². The number of rotatable bonds is 7. The van der Waals surface area contributed by atoms with Crippen LogP contribution in [0.5, 0.6) is 11.5 Å². The van der Waals surface area contributed by atoms with Crippen molar-refractivity contribution in [2.45, 2.75) is 32.4 Å². The number of carbonyl (C=O) groups is 1. The van der Waals surface area contributed by atoms with E-state index < -0.39 is 5.82 Å². The molecule has 0 unspecified atom stereocenters. The molecule has 2 aromatic carbocycles. The molecule has 1 heterocycles. The molecule has 0 aliphatic heterocycles. The largest absolute Gasteiger partial charge is 0.497 e. The quantitative estimate of drug-likeness (QED) is 0.580. The Morgan fingerprint density at radius 3 is 2.59 bits per heavy atom. The fourth-order valence-electron chi connectivity index (χ4n) is 3.59. The first-order chi connectivity index (χ1) is 15.4. The summed E-state index contributed by atoms with van der Waals surface area (Å²) in [6, 6.07) is 7.85. The molecule has 1 aliphatic rings. The zero-order valence-corrected chi connectivity index (χ0v) is 18.3. The summed E-state index contributed by atoms with van der Waals surface area (Å²) in [5, 5.41) is 2.81. The van der Waals surface area contributed by atoms with Gasteiger partial charge in [-0.05, 0) is 50.1 Å². The maximum atomic E-state index is 14.7. The Kier molecular flexibility index (Phi) is 6.07. The van der Waals surface area contributed by atoms with Gasteiger partial charge in [0.1, 0.15) is 25.2 Å². The Labute approximate surface area is 187 Å². The van der Waals surface area contributed by atoms with Crippen LogP contribution < -0.4 is 20.3 Å². The van der Waals surface area contributed by atoms with E-state index in [2.05, 4.69) is 10.3 Å². The second kappa shape index (κ2) is 8.94. The number of methoxy groups -OCH3 is 2. The van der Waals surface area contributed by atoms with Crippen molar-refractivity contribution in [3.63, 3.8) is 0 Å². The van der Waals surface area contributed by atoms with E-state index in [1.165, 1.54) is 13.2 Å². The third-order valence-corrected chi connectivity index (χ3v) is 5.41. The summed E-state index contributed by atoms with van der Waals surface area (Å²) in [6.07, 6.45) is 5.11. The molecule has 7 nitrogen and oxygen atoms in total. The highest BCUT2D eigenvalue weighted by Crippen LogP contribution is 2.32. The van der Waals surface area contributed by atoms with E-state index in [0.717, 1.165) is 24.1 Å². The summed E-state index contributed by atoms with van der Waals surface area (Å²) in [5.74, 6) is 0.639.